The van der Waals surface area contributed by atoms with Gasteiger partial charge in [0.2, 0.25) is 33.3 Å². The molecule has 0 spiro atoms. The molecule has 14 nitrogen and oxygen atoms in total. The normalized spacial score (nSPS) is 29.2. The second kappa shape index (κ2) is 16.0. The van der Waals surface area contributed by atoms with Gasteiger partial charge in [0.05, 0.1) is 25.1 Å². The van der Waals surface area contributed by atoms with Gasteiger partial charge in [0.25, 0.3) is 5.91 Å². The first-order chi connectivity index (χ1) is 26.8. The van der Waals surface area contributed by atoms with Gasteiger partial charge in [-0.15, -0.1) is 0 Å². The van der Waals surface area contributed by atoms with E-state index in [1.54, 1.807) is 25.1 Å². The van der Waals surface area contributed by atoms with Crippen molar-refractivity contribution in [3.05, 3.63) is 42.6 Å². The molecule has 3 N–H and O–H groups in total. The summed E-state index contributed by atoms with van der Waals surface area (Å²) < 4.78 is 85.9. The van der Waals surface area contributed by atoms with Crippen LogP contribution in [0.5, 0.6) is 11.6 Å². The monoisotopic (exact) mass is 821 g/mol. The number of halogens is 3. The van der Waals surface area contributed by atoms with E-state index in [2.05, 4.69) is 20.3 Å². The number of pyridine rings is 1. The predicted octanol–water partition coefficient (Wildman–Crippen LogP) is 4.91. The number of hydrogen-bond donors (Lipinski definition) is 3. The Hall–Kier alpha value is -4.61. The van der Waals surface area contributed by atoms with Gasteiger partial charge >= 0.3 is 12.3 Å². The van der Waals surface area contributed by atoms with E-state index in [4.69, 9.17) is 14.2 Å². The summed E-state index contributed by atoms with van der Waals surface area (Å²) >= 11 is 0. The Morgan fingerprint density at radius 2 is 1.79 bits per heavy atom. The van der Waals surface area contributed by atoms with Crippen molar-refractivity contribution in [1.82, 2.24) is 25.2 Å². The number of aromatic nitrogens is 1. The molecule has 0 unspecified atom stereocenters. The molecule has 1 saturated heterocycles. The van der Waals surface area contributed by atoms with Crippen molar-refractivity contribution in [3.8, 4) is 11.6 Å². The number of carbonyl (C=O) groups is 4. The number of allylic oxidation sites excluding steroid dienone is 1. The molecule has 57 heavy (non-hydrogen) atoms. The molecular weight excluding hydrogens is 772 g/mol. The average molecular weight is 822 g/mol. The number of hydrogen-bond acceptors (Lipinski definition) is 10. The Balaban J connectivity index is 1.37. The van der Waals surface area contributed by atoms with Crippen molar-refractivity contribution in [2.45, 2.75) is 120 Å². The van der Waals surface area contributed by atoms with Gasteiger partial charge in [0, 0.05) is 23.1 Å². The van der Waals surface area contributed by atoms with Crippen LogP contribution in [0.15, 0.2) is 42.6 Å². The summed E-state index contributed by atoms with van der Waals surface area (Å²) in [7, 11) is -2.48. The summed E-state index contributed by atoms with van der Waals surface area (Å²) in [6.07, 6.45) is 0.646. The zero-order valence-electron chi connectivity index (χ0n) is 32.6. The van der Waals surface area contributed by atoms with Gasteiger partial charge in [-0.05, 0) is 70.3 Å². The molecule has 4 aliphatic rings. The minimum Gasteiger partial charge on any atom is -0.494 e. The Labute approximate surface area is 329 Å². The first-order valence-electron chi connectivity index (χ1n) is 19.3. The van der Waals surface area contributed by atoms with E-state index in [-0.39, 0.29) is 31.2 Å². The van der Waals surface area contributed by atoms with Gasteiger partial charge in [-0.25, -0.2) is 18.2 Å². The van der Waals surface area contributed by atoms with Gasteiger partial charge in [-0.1, -0.05) is 50.6 Å². The van der Waals surface area contributed by atoms with Crippen LogP contribution in [-0.2, 0) is 29.1 Å². The summed E-state index contributed by atoms with van der Waals surface area (Å²) in [5, 5.41) is 5.81. The first-order valence-corrected chi connectivity index (χ1v) is 20.8. The SMILES string of the molecule is CC[C@@H]1C[C@H](C)CC/C=C\[C@@H]2C[C@@]2(C(=O)NS(=O)(=O)C2CC2)NC(=O)[C@@H]2C[C@@H](Oc3ncc(OC)c4ccccc34)CN2C(=O)[C@H]1NC(=O)OC(C)(C)C(F)(F)F. The Morgan fingerprint density at radius 1 is 1.09 bits per heavy atom. The molecule has 0 radical (unpaired) electrons. The Morgan fingerprint density at radius 3 is 2.44 bits per heavy atom. The van der Waals surface area contributed by atoms with Crippen molar-refractivity contribution in [3.63, 3.8) is 0 Å². The van der Waals surface area contributed by atoms with Crippen LogP contribution in [0, 0.1) is 17.8 Å². The lowest BCUT2D eigenvalue weighted by atomic mass is 9.85. The molecular formula is C39H50F3N5O9S. The predicted molar refractivity (Wildman–Crippen MR) is 201 cm³/mol. The molecule has 2 aromatic rings. The van der Waals surface area contributed by atoms with E-state index >= 15 is 0 Å². The molecule has 3 heterocycles. The lowest BCUT2D eigenvalue weighted by Gasteiger charge is -2.35. The largest absolute Gasteiger partial charge is 0.494 e. The third-order valence-corrected chi connectivity index (χ3v) is 13.3. The molecule has 18 heteroatoms. The number of ether oxygens (including phenoxy) is 3. The summed E-state index contributed by atoms with van der Waals surface area (Å²) in [5.74, 6) is -2.88. The fraction of sp³-hybridized carbons (Fsp3) is 0.615. The van der Waals surface area contributed by atoms with Crippen LogP contribution < -0.4 is 24.8 Å². The minimum absolute atomic E-state index is 0.0277. The molecule has 0 bridgehead atoms. The lowest BCUT2D eigenvalue weighted by molar-refractivity contribution is -0.244. The molecule has 6 rings (SSSR count). The lowest BCUT2D eigenvalue weighted by Crippen LogP contribution is -2.59. The van der Waals surface area contributed by atoms with Crippen molar-refractivity contribution >= 4 is 44.6 Å². The number of nitrogens with one attached hydrogen (secondary N) is 3. The van der Waals surface area contributed by atoms with Gasteiger partial charge in [-0.3, -0.25) is 19.1 Å². The van der Waals surface area contributed by atoms with E-state index in [9.17, 15) is 40.8 Å². The zero-order valence-corrected chi connectivity index (χ0v) is 33.4. The first kappa shape index (κ1) is 42.0. The number of rotatable bonds is 9. The number of benzene rings is 1. The van der Waals surface area contributed by atoms with Crippen LogP contribution >= 0.6 is 0 Å². The fourth-order valence-corrected chi connectivity index (χ4v) is 9.08. The molecule has 2 saturated carbocycles. The maximum absolute atomic E-state index is 14.8. The summed E-state index contributed by atoms with van der Waals surface area (Å²) in [6.45, 7) is 4.95. The third kappa shape index (κ3) is 8.94. The van der Waals surface area contributed by atoms with Gasteiger partial charge in [0.15, 0.2) is 0 Å². The molecule has 1 aromatic heterocycles. The second-order valence-electron chi connectivity index (χ2n) is 16.1. The molecule has 3 fully saturated rings. The number of carbonyl (C=O) groups excluding carboxylic acids is 4. The van der Waals surface area contributed by atoms with Crippen LogP contribution in [0.25, 0.3) is 10.8 Å². The van der Waals surface area contributed by atoms with Crippen LogP contribution in [0.2, 0.25) is 0 Å². The van der Waals surface area contributed by atoms with E-state index in [1.165, 1.54) is 18.2 Å². The highest BCUT2D eigenvalue weighted by Gasteiger charge is 2.62. The summed E-state index contributed by atoms with van der Waals surface area (Å²) in [5.41, 5.74) is -4.51. The Bertz CT molecular complexity index is 2020. The van der Waals surface area contributed by atoms with Crippen LogP contribution in [-0.4, -0.2) is 96.5 Å². The Kier molecular flexibility index (Phi) is 11.8. The van der Waals surface area contributed by atoms with Gasteiger partial charge in [-0.2, -0.15) is 13.2 Å². The van der Waals surface area contributed by atoms with Crippen molar-refractivity contribution < 1.29 is 55.0 Å². The van der Waals surface area contributed by atoms with Gasteiger partial charge < -0.3 is 29.7 Å². The summed E-state index contributed by atoms with van der Waals surface area (Å²) in [6, 6.07) is 4.44. The molecule has 1 aromatic carbocycles. The van der Waals surface area contributed by atoms with E-state index in [1.807, 2.05) is 25.1 Å². The molecule has 7 atom stereocenters. The minimum atomic E-state index is -4.91. The van der Waals surface area contributed by atoms with E-state index in [0.717, 1.165) is 0 Å². The number of amides is 4. The molecule has 2 aliphatic carbocycles. The summed E-state index contributed by atoms with van der Waals surface area (Å²) in [4.78, 5) is 62.0. The number of alkyl carbamates (subject to hydrolysis) is 1. The zero-order chi connectivity index (χ0) is 41.5. The van der Waals surface area contributed by atoms with Crippen molar-refractivity contribution in [2.24, 2.45) is 17.8 Å². The number of methoxy groups -OCH3 is 1. The van der Waals surface area contributed by atoms with E-state index in [0.29, 0.717) is 68.9 Å². The van der Waals surface area contributed by atoms with Gasteiger partial charge in [0.1, 0.15) is 29.5 Å². The van der Waals surface area contributed by atoms with Crippen LogP contribution in [0.3, 0.4) is 0 Å². The molecule has 2 aliphatic heterocycles. The highest BCUT2D eigenvalue weighted by atomic mass is 32.2. The van der Waals surface area contributed by atoms with Crippen LogP contribution in [0.1, 0.15) is 79.1 Å². The van der Waals surface area contributed by atoms with Crippen LogP contribution in [0.4, 0.5) is 18.0 Å². The smallest absolute Gasteiger partial charge is 0.427 e. The maximum atomic E-state index is 14.8. The fourth-order valence-electron chi connectivity index (χ4n) is 7.72. The van der Waals surface area contributed by atoms with Crippen molar-refractivity contribution in [2.75, 3.05) is 13.7 Å². The number of alkyl halides is 3. The standard InChI is InChI=1S/C39H50F3N5O9S/c1-6-23-17-22(2)11-7-8-12-24-19-38(24,35(50)46-57(52,53)26-15-16-26)45-32(48)29-18-25(55-33-28-14-10-9-13-27(28)30(54-5)20-43-33)21-47(29)34(49)31(23)44-36(51)56-37(3,4)39(40,41)42/h8-10,12-14,20,22-26,29,31H,6-7,11,15-19,21H2,1-5H3,(H,44,51)(H,45,48)(H,46,50)/b12-8-/t22-,23-,24-,25-,29+,31+,38-/m1/s1. The average Bonchev–Trinajstić information content (AvgIpc) is 4.07. The maximum Gasteiger partial charge on any atom is 0.427 e. The third-order valence-electron chi connectivity index (χ3n) is 11.5. The topological polar surface area (TPSA) is 182 Å². The van der Waals surface area contributed by atoms with Crippen molar-refractivity contribution in [1.29, 1.82) is 0 Å². The second-order valence-corrected chi connectivity index (χ2v) is 18.1. The highest BCUT2D eigenvalue weighted by molar-refractivity contribution is 7.91. The highest BCUT2D eigenvalue weighted by Crippen LogP contribution is 2.46. The number of sulfonamides is 1. The van der Waals surface area contributed by atoms with E-state index < -0.39 is 86.4 Å². The quantitative estimate of drug-likeness (QED) is 0.294. The molecule has 4 amide bonds. The molecule has 312 valence electrons. The number of fused-ring (bicyclic) bond motifs is 3. The number of nitrogens with zero attached hydrogens (tertiary/aromatic N) is 2.